The Bertz CT molecular complexity index is 558. The third-order valence-corrected chi connectivity index (χ3v) is 2.44. The summed E-state index contributed by atoms with van der Waals surface area (Å²) in [4.78, 5) is 23.1. The molecule has 0 saturated heterocycles. The van der Waals surface area contributed by atoms with Crippen LogP contribution in [0.1, 0.15) is 17.3 Å². The molecule has 0 spiro atoms. The number of ether oxygens (including phenoxy) is 2. The Balaban J connectivity index is 2.84. The van der Waals surface area contributed by atoms with Gasteiger partial charge in [0, 0.05) is 0 Å². The van der Waals surface area contributed by atoms with Crippen molar-refractivity contribution in [2.75, 3.05) is 18.6 Å². The summed E-state index contributed by atoms with van der Waals surface area (Å²) in [5.41, 5.74) is 3.15. The molecule has 21 heavy (non-hydrogen) atoms. The lowest BCUT2D eigenvalue weighted by Gasteiger charge is -2.08. The molecule has 1 N–H and O–H groups in total. The molecule has 0 unspecified atom stereocenters. The van der Waals surface area contributed by atoms with E-state index in [4.69, 9.17) is 16.3 Å². The summed E-state index contributed by atoms with van der Waals surface area (Å²) < 4.78 is 9.62. The summed E-state index contributed by atoms with van der Waals surface area (Å²) in [5.74, 6) is -1.29. The average molecular weight is 311 g/mol. The van der Waals surface area contributed by atoms with Crippen molar-refractivity contribution < 1.29 is 19.1 Å². The van der Waals surface area contributed by atoms with Crippen LogP contribution in [0, 0.1) is 0 Å². The molecule has 0 amide bonds. The molecule has 0 saturated carbocycles. The third-order valence-electron chi connectivity index (χ3n) is 2.20. The first-order chi connectivity index (χ1) is 10.1. The molecular weight excluding hydrogens is 296 g/mol. The van der Waals surface area contributed by atoms with E-state index in [1.165, 1.54) is 6.08 Å². The summed E-state index contributed by atoms with van der Waals surface area (Å²) in [5, 5.41) is 3.30. The maximum atomic E-state index is 11.8. The van der Waals surface area contributed by atoms with Gasteiger partial charge in [-0.2, -0.15) is 5.10 Å². The van der Waals surface area contributed by atoms with Crippen molar-refractivity contribution >= 4 is 34.4 Å². The Hall–Kier alpha value is -2.34. The van der Waals surface area contributed by atoms with Gasteiger partial charge in [0.1, 0.15) is 6.61 Å². The van der Waals surface area contributed by atoms with Crippen molar-refractivity contribution in [3.8, 4) is 0 Å². The molecule has 0 bridgehead atoms. The Morgan fingerprint density at radius 2 is 2.10 bits per heavy atom. The maximum Gasteiger partial charge on any atom is 0.370 e. The van der Waals surface area contributed by atoms with Gasteiger partial charge in [0.15, 0.2) is 0 Å². The van der Waals surface area contributed by atoms with Crippen LogP contribution in [0.2, 0.25) is 0 Å². The summed E-state index contributed by atoms with van der Waals surface area (Å²) >= 11 is 5.66. The predicted molar refractivity (Wildman–Crippen MR) is 80.5 cm³/mol. The number of esters is 2. The number of hydrogen-bond donors (Lipinski definition) is 1. The average Bonchev–Trinajstić information content (AvgIpc) is 2.50. The van der Waals surface area contributed by atoms with Crippen LogP contribution < -0.4 is 5.43 Å². The van der Waals surface area contributed by atoms with Crippen LogP contribution in [0.25, 0.3) is 0 Å². The van der Waals surface area contributed by atoms with E-state index in [-0.39, 0.29) is 23.9 Å². The largest absolute Gasteiger partial charge is 0.461 e. The number of para-hydroxylation sites is 1. The number of hydrogen-bond acceptors (Lipinski definition) is 6. The summed E-state index contributed by atoms with van der Waals surface area (Å²) in [6.45, 7) is 5.40. The summed E-state index contributed by atoms with van der Waals surface area (Å²) in [6, 6.07) is 6.53. The molecule has 0 aromatic heterocycles. The first-order valence-electron chi connectivity index (χ1n) is 6.13. The lowest BCUT2D eigenvalue weighted by molar-refractivity contribution is -0.134. The normalized spacial score (nSPS) is 10.7. The fourth-order valence-corrected chi connectivity index (χ4v) is 1.41. The van der Waals surface area contributed by atoms with Crippen LogP contribution in [0.5, 0.6) is 0 Å². The number of hydrazone groups is 1. The molecule has 0 aliphatic carbocycles. The molecule has 0 fully saturated rings. The molecule has 112 valence electrons. The zero-order valence-corrected chi connectivity index (χ0v) is 12.2. The van der Waals surface area contributed by atoms with Crippen LogP contribution in [0.15, 0.2) is 42.0 Å². The van der Waals surface area contributed by atoms with E-state index in [1.54, 1.807) is 31.2 Å². The number of carbonyl (C=O) groups excluding carboxylic acids is 2. The minimum atomic E-state index is -0.751. The second-order valence-electron chi connectivity index (χ2n) is 3.67. The van der Waals surface area contributed by atoms with Gasteiger partial charge in [-0.05, 0) is 19.1 Å². The Kier molecular flexibility index (Phi) is 6.97. The van der Waals surface area contributed by atoms with Crippen molar-refractivity contribution in [3.63, 3.8) is 0 Å². The van der Waals surface area contributed by atoms with E-state index in [0.717, 1.165) is 0 Å². The minimum Gasteiger partial charge on any atom is -0.461 e. The van der Waals surface area contributed by atoms with Crippen molar-refractivity contribution in [3.05, 3.63) is 42.5 Å². The molecule has 1 aromatic carbocycles. The van der Waals surface area contributed by atoms with Crippen molar-refractivity contribution in [2.24, 2.45) is 5.10 Å². The molecule has 7 heteroatoms. The van der Waals surface area contributed by atoms with Gasteiger partial charge in [-0.1, -0.05) is 36.4 Å². The van der Waals surface area contributed by atoms with Gasteiger partial charge in [-0.3, -0.25) is 5.43 Å². The molecule has 0 heterocycles. The third kappa shape index (κ3) is 5.27. The Labute approximate surface area is 127 Å². The van der Waals surface area contributed by atoms with Crippen molar-refractivity contribution in [2.45, 2.75) is 6.92 Å². The highest BCUT2D eigenvalue weighted by atomic mass is 35.5. The zero-order valence-electron chi connectivity index (χ0n) is 11.5. The number of carbonyl (C=O) groups is 2. The monoisotopic (exact) mass is 310 g/mol. The number of benzene rings is 1. The highest BCUT2D eigenvalue weighted by Gasteiger charge is 2.13. The predicted octanol–water partition coefficient (Wildman–Crippen LogP) is 2.56. The number of rotatable bonds is 7. The van der Waals surface area contributed by atoms with Gasteiger partial charge in [-0.25, -0.2) is 9.59 Å². The van der Waals surface area contributed by atoms with Gasteiger partial charge < -0.3 is 9.47 Å². The molecular formula is C14H15ClN2O4. The fourth-order valence-electron chi connectivity index (χ4n) is 1.32. The van der Waals surface area contributed by atoms with E-state index in [0.29, 0.717) is 5.69 Å². The molecule has 6 nitrogen and oxygen atoms in total. The summed E-state index contributed by atoms with van der Waals surface area (Å²) in [6.07, 6.45) is 1.46. The van der Waals surface area contributed by atoms with E-state index < -0.39 is 11.9 Å². The fraction of sp³-hybridized carbons (Fsp3) is 0.214. The Morgan fingerprint density at radius 3 is 2.76 bits per heavy atom. The van der Waals surface area contributed by atoms with Gasteiger partial charge in [0.25, 0.3) is 0 Å². The highest BCUT2D eigenvalue weighted by Crippen LogP contribution is 2.16. The van der Waals surface area contributed by atoms with E-state index >= 15 is 0 Å². The number of anilines is 1. The van der Waals surface area contributed by atoms with Crippen LogP contribution in [0.4, 0.5) is 5.69 Å². The highest BCUT2D eigenvalue weighted by molar-refractivity contribution is 6.82. The standard InChI is InChI=1S/C14H15ClN2O4/c1-3-9-21-13(18)10-7-5-6-8-11(10)16-17-12(15)14(19)20-4-2/h3,5-8,16H,1,4,9H2,2H3/b17-12+. The SMILES string of the molecule is C=CCOC(=O)c1ccccc1N/N=C(/Cl)C(=O)OCC. The molecule has 0 radical (unpaired) electrons. The van der Waals surface area contributed by atoms with E-state index in [1.807, 2.05) is 0 Å². The second kappa shape index (κ2) is 8.76. The first-order valence-corrected chi connectivity index (χ1v) is 6.51. The quantitative estimate of drug-likeness (QED) is 0.362. The number of halogens is 1. The van der Waals surface area contributed by atoms with Crippen molar-refractivity contribution in [1.29, 1.82) is 0 Å². The van der Waals surface area contributed by atoms with Crippen LogP contribution in [-0.2, 0) is 14.3 Å². The van der Waals surface area contributed by atoms with Crippen molar-refractivity contribution in [1.82, 2.24) is 0 Å². The smallest absolute Gasteiger partial charge is 0.370 e. The minimum absolute atomic E-state index is 0.0972. The van der Waals surface area contributed by atoms with Crippen LogP contribution in [0.3, 0.4) is 0 Å². The number of nitrogens with zero attached hydrogens (tertiary/aromatic N) is 1. The van der Waals surface area contributed by atoms with Gasteiger partial charge >= 0.3 is 11.9 Å². The molecule has 1 rings (SSSR count). The molecule has 0 atom stereocenters. The molecule has 0 aliphatic rings. The number of nitrogens with one attached hydrogen (secondary N) is 1. The molecule has 1 aromatic rings. The zero-order chi connectivity index (χ0) is 15.7. The summed E-state index contributed by atoms with van der Waals surface area (Å²) in [7, 11) is 0. The lowest BCUT2D eigenvalue weighted by atomic mass is 10.2. The lowest BCUT2D eigenvalue weighted by Crippen LogP contribution is -2.14. The van der Waals surface area contributed by atoms with Crippen LogP contribution >= 0.6 is 11.6 Å². The van der Waals surface area contributed by atoms with Crippen LogP contribution in [-0.4, -0.2) is 30.3 Å². The maximum absolute atomic E-state index is 11.8. The van der Waals surface area contributed by atoms with Gasteiger partial charge in [-0.15, -0.1) is 0 Å². The molecule has 0 aliphatic heterocycles. The Morgan fingerprint density at radius 1 is 1.38 bits per heavy atom. The first kappa shape index (κ1) is 16.7. The topological polar surface area (TPSA) is 77.0 Å². The van der Waals surface area contributed by atoms with Gasteiger partial charge in [0.05, 0.1) is 17.9 Å². The van der Waals surface area contributed by atoms with E-state index in [2.05, 4.69) is 21.8 Å². The van der Waals surface area contributed by atoms with E-state index in [9.17, 15) is 9.59 Å². The second-order valence-corrected chi connectivity index (χ2v) is 4.03. The van der Waals surface area contributed by atoms with Gasteiger partial charge in [0.2, 0.25) is 5.17 Å².